The van der Waals surface area contributed by atoms with Crippen molar-refractivity contribution in [2.24, 2.45) is 0 Å². The second-order valence-corrected chi connectivity index (χ2v) is 4.67. The number of hydrogen-bond donors (Lipinski definition) is 3. The topological polar surface area (TPSA) is 91.3 Å². The summed E-state index contributed by atoms with van der Waals surface area (Å²) in [5, 5.41) is 13.8. The van der Waals surface area contributed by atoms with Gasteiger partial charge in [-0.05, 0) is 38.5 Å². The lowest BCUT2D eigenvalue weighted by Gasteiger charge is -2.22. The molecule has 0 radical (unpaired) electrons. The Bertz CT molecular complexity index is 458. The van der Waals surface area contributed by atoms with Crippen LogP contribution in [-0.4, -0.2) is 34.1 Å². The van der Waals surface area contributed by atoms with Crippen LogP contribution in [-0.2, 0) is 9.59 Å². The molecular formula is C12H17N3O3. The van der Waals surface area contributed by atoms with Crippen LogP contribution >= 0.6 is 0 Å². The molecule has 0 aliphatic heterocycles. The van der Waals surface area contributed by atoms with Crippen LogP contribution in [0.15, 0.2) is 18.3 Å². The zero-order valence-corrected chi connectivity index (χ0v) is 10.7. The third kappa shape index (κ3) is 4.14. The van der Waals surface area contributed by atoms with Crippen LogP contribution in [0.25, 0.3) is 0 Å². The summed E-state index contributed by atoms with van der Waals surface area (Å²) in [5.74, 6) is -1.30. The molecule has 0 aliphatic carbocycles. The summed E-state index contributed by atoms with van der Waals surface area (Å²) in [6.45, 7) is 4.83. The van der Waals surface area contributed by atoms with Gasteiger partial charge in [-0.15, -0.1) is 0 Å². The molecule has 1 heterocycles. The molecule has 0 spiro atoms. The van der Waals surface area contributed by atoms with E-state index in [0.29, 0.717) is 5.82 Å². The zero-order valence-electron chi connectivity index (χ0n) is 10.7. The lowest BCUT2D eigenvalue weighted by atomic mass is 10.1. The molecule has 6 heteroatoms. The fraction of sp³-hybridized carbons (Fsp3) is 0.417. The Balaban J connectivity index is 2.63. The van der Waals surface area contributed by atoms with Gasteiger partial charge in [0.2, 0.25) is 0 Å². The number of nitrogens with one attached hydrogen (secondary N) is 2. The van der Waals surface area contributed by atoms with E-state index in [2.05, 4.69) is 15.6 Å². The minimum absolute atomic E-state index is 0.255. The molecule has 0 aromatic carbocycles. The highest BCUT2D eigenvalue weighted by Crippen LogP contribution is 2.05. The normalized spacial score (nSPS) is 10.9. The molecule has 0 atom stereocenters. The average Bonchev–Trinajstić information content (AvgIpc) is 2.28. The maximum absolute atomic E-state index is 11.6. The van der Waals surface area contributed by atoms with E-state index in [-0.39, 0.29) is 6.61 Å². The van der Waals surface area contributed by atoms with Crippen molar-refractivity contribution in [1.82, 2.24) is 10.3 Å². The molecule has 98 valence electrons. The molecule has 1 aromatic heterocycles. The van der Waals surface area contributed by atoms with E-state index in [1.165, 1.54) is 0 Å². The summed E-state index contributed by atoms with van der Waals surface area (Å²) in [6, 6.07) is 3.44. The molecule has 2 amide bonds. The Labute approximate surface area is 105 Å². The standard InChI is InChI=1S/C12H17N3O3/c1-8-4-5-13-9(6-8)14-10(17)11(18)15-12(2,3)7-16/h4-6,16H,7H2,1-3H3,(H,15,18)(H,13,14,17). The zero-order chi connectivity index (χ0) is 13.8. The van der Waals surface area contributed by atoms with Crippen LogP contribution in [0, 0.1) is 6.92 Å². The molecule has 1 aromatic rings. The quantitative estimate of drug-likeness (QED) is 0.670. The summed E-state index contributed by atoms with van der Waals surface area (Å²) in [4.78, 5) is 27.0. The smallest absolute Gasteiger partial charge is 0.314 e. The summed E-state index contributed by atoms with van der Waals surface area (Å²) in [7, 11) is 0. The third-order valence-electron chi connectivity index (χ3n) is 2.21. The first-order chi connectivity index (χ1) is 8.34. The van der Waals surface area contributed by atoms with Crippen molar-refractivity contribution in [1.29, 1.82) is 0 Å². The van der Waals surface area contributed by atoms with Crippen LogP contribution in [0.2, 0.25) is 0 Å². The van der Waals surface area contributed by atoms with Gasteiger partial charge in [-0.25, -0.2) is 4.98 Å². The fourth-order valence-corrected chi connectivity index (χ4v) is 1.18. The van der Waals surface area contributed by atoms with Crippen LogP contribution in [0.4, 0.5) is 5.82 Å². The number of aliphatic hydroxyl groups excluding tert-OH is 1. The maximum atomic E-state index is 11.6. The van der Waals surface area contributed by atoms with Gasteiger partial charge >= 0.3 is 11.8 Å². The summed E-state index contributed by atoms with van der Waals surface area (Å²) >= 11 is 0. The molecule has 0 fully saturated rings. The molecule has 0 saturated heterocycles. The Morgan fingerprint density at radius 1 is 1.39 bits per heavy atom. The second kappa shape index (κ2) is 5.59. The van der Waals surface area contributed by atoms with Gasteiger partial charge in [-0.1, -0.05) is 0 Å². The molecule has 1 rings (SSSR count). The second-order valence-electron chi connectivity index (χ2n) is 4.67. The maximum Gasteiger partial charge on any atom is 0.314 e. The number of carbonyl (C=O) groups is 2. The lowest BCUT2D eigenvalue weighted by Crippen LogP contribution is -2.50. The number of rotatable bonds is 3. The number of nitrogens with zero attached hydrogens (tertiary/aromatic N) is 1. The highest BCUT2D eigenvalue weighted by Gasteiger charge is 2.23. The molecule has 0 unspecified atom stereocenters. The predicted octanol–water partition coefficient (Wildman–Crippen LogP) is 0.216. The molecule has 3 N–H and O–H groups in total. The van der Waals surface area contributed by atoms with Crippen LogP contribution in [0.5, 0.6) is 0 Å². The first-order valence-electron chi connectivity index (χ1n) is 5.51. The number of aryl methyl sites for hydroxylation is 1. The number of pyridine rings is 1. The van der Waals surface area contributed by atoms with Crippen molar-refractivity contribution in [2.75, 3.05) is 11.9 Å². The summed E-state index contributed by atoms with van der Waals surface area (Å²) in [6.07, 6.45) is 1.54. The number of carbonyl (C=O) groups excluding carboxylic acids is 2. The van der Waals surface area contributed by atoms with Gasteiger partial charge < -0.3 is 15.7 Å². The first-order valence-corrected chi connectivity index (χ1v) is 5.51. The van der Waals surface area contributed by atoms with E-state index in [9.17, 15) is 9.59 Å². The van der Waals surface area contributed by atoms with Crippen molar-refractivity contribution in [3.63, 3.8) is 0 Å². The van der Waals surface area contributed by atoms with Gasteiger partial charge in [-0.3, -0.25) is 9.59 Å². The van der Waals surface area contributed by atoms with Gasteiger partial charge in [0.15, 0.2) is 0 Å². The van der Waals surface area contributed by atoms with E-state index >= 15 is 0 Å². The molecular weight excluding hydrogens is 234 g/mol. The van der Waals surface area contributed by atoms with Crippen molar-refractivity contribution >= 4 is 17.6 Å². The lowest BCUT2D eigenvalue weighted by molar-refractivity contribution is -0.137. The van der Waals surface area contributed by atoms with Crippen molar-refractivity contribution < 1.29 is 14.7 Å². The van der Waals surface area contributed by atoms with Gasteiger partial charge in [0.25, 0.3) is 0 Å². The number of aliphatic hydroxyl groups is 1. The van der Waals surface area contributed by atoms with E-state index < -0.39 is 17.4 Å². The summed E-state index contributed by atoms with van der Waals surface area (Å²) in [5.41, 5.74) is 0.0884. The molecule has 0 aliphatic rings. The van der Waals surface area contributed by atoms with Gasteiger partial charge in [0.1, 0.15) is 5.82 Å². The van der Waals surface area contributed by atoms with E-state index in [0.717, 1.165) is 5.56 Å². The number of anilines is 1. The van der Waals surface area contributed by atoms with Gasteiger partial charge in [-0.2, -0.15) is 0 Å². The predicted molar refractivity (Wildman–Crippen MR) is 66.9 cm³/mol. The van der Waals surface area contributed by atoms with Gasteiger partial charge in [0.05, 0.1) is 12.1 Å². The Kier molecular flexibility index (Phi) is 4.38. The van der Waals surface area contributed by atoms with Crippen LogP contribution in [0.1, 0.15) is 19.4 Å². The van der Waals surface area contributed by atoms with E-state index in [1.807, 2.05) is 6.92 Å². The largest absolute Gasteiger partial charge is 0.394 e. The molecule has 6 nitrogen and oxygen atoms in total. The molecule has 0 bridgehead atoms. The van der Waals surface area contributed by atoms with Crippen molar-refractivity contribution in [2.45, 2.75) is 26.3 Å². The first kappa shape index (κ1) is 14.1. The Morgan fingerprint density at radius 2 is 2.06 bits per heavy atom. The number of amides is 2. The highest BCUT2D eigenvalue weighted by molar-refractivity contribution is 6.39. The monoisotopic (exact) mass is 251 g/mol. The Hall–Kier alpha value is -1.95. The SMILES string of the molecule is Cc1ccnc(NC(=O)C(=O)NC(C)(C)CO)c1. The molecule has 18 heavy (non-hydrogen) atoms. The molecule has 0 saturated carbocycles. The van der Waals surface area contributed by atoms with Crippen molar-refractivity contribution in [3.05, 3.63) is 23.9 Å². The number of aromatic nitrogens is 1. The number of hydrogen-bond acceptors (Lipinski definition) is 4. The average molecular weight is 251 g/mol. The third-order valence-corrected chi connectivity index (χ3v) is 2.21. The highest BCUT2D eigenvalue weighted by atomic mass is 16.3. The van der Waals surface area contributed by atoms with E-state index in [1.54, 1.807) is 32.2 Å². The van der Waals surface area contributed by atoms with Crippen LogP contribution < -0.4 is 10.6 Å². The van der Waals surface area contributed by atoms with E-state index in [4.69, 9.17) is 5.11 Å². The van der Waals surface area contributed by atoms with Gasteiger partial charge in [0, 0.05) is 6.20 Å². The van der Waals surface area contributed by atoms with Crippen LogP contribution in [0.3, 0.4) is 0 Å². The minimum atomic E-state index is -0.839. The fourth-order valence-electron chi connectivity index (χ4n) is 1.18. The van der Waals surface area contributed by atoms with Crippen molar-refractivity contribution in [3.8, 4) is 0 Å². The summed E-state index contributed by atoms with van der Waals surface area (Å²) < 4.78 is 0. The Morgan fingerprint density at radius 3 is 2.61 bits per heavy atom. The minimum Gasteiger partial charge on any atom is -0.394 e.